The lowest BCUT2D eigenvalue weighted by atomic mass is 9.91. The number of hydrogen-bond acceptors (Lipinski definition) is 6. The summed E-state index contributed by atoms with van der Waals surface area (Å²) in [5, 5.41) is 10.7. The Kier molecular flexibility index (Phi) is 8.74. The third-order valence-corrected chi connectivity index (χ3v) is 7.31. The SMILES string of the molecule is Cc1cnc(NC2CCCC(NC(=O)c3ccc(NC(=O)/C=C/CN(C)C)cc3)C2)nc1-c1c[nH]c2ccccc12. The first kappa shape index (κ1) is 28.0. The summed E-state index contributed by atoms with van der Waals surface area (Å²) in [7, 11) is 3.88. The number of rotatable bonds is 9. The first-order chi connectivity index (χ1) is 19.9. The van der Waals surface area contributed by atoms with Crippen LogP contribution in [0.25, 0.3) is 22.2 Å². The lowest BCUT2D eigenvalue weighted by Crippen LogP contribution is -2.42. The lowest BCUT2D eigenvalue weighted by molar-refractivity contribution is -0.111. The molecule has 2 aromatic heterocycles. The highest BCUT2D eigenvalue weighted by atomic mass is 16.2. The molecule has 4 aromatic rings. The number of aromatic amines is 1. The van der Waals surface area contributed by atoms with Gasteiger partial charge in [0.25, 0.3) is 5.91 Å². The summed E-state index contributed by atoms with van der Waals surface area (Å²) in [5.41, 5.74) is 5.27. The van der Waals surface area contributed by atoms with Crippen LogP contribution < -0.4 is 16.0 Å². The molecule has 1 aliphatic rings. The zero-order chi connectivity index (χ0) is 28.8. The minimum absolute atomic E-state index is 0.0495. The molecule has 1 saturated carbocycles. The number of carbonyl (C=O) groups excluding carboxylic acids is 2. The van der Waals surface area contributed by atoms with Crippen molar-refractivity contribution in [1.29, 1.82) is 0 Å². The van der Waals surface area contributed by atoms with Gasteiger partial charge < -0.3 is 25.8 Å². The van der Waals surface area contributed by atoms with Gasteiger partial charge in [-0.15, -0.1) is 0 Å². The van der Waals surface area contributed by atoms with E-state index in [0.717, 1.165) is 53.4 Å². The van der Waals surface area contributed by atoms with Crippen molar-refractivity contribution >= 4 is 34.4 Å². The minimum atomic E-state index is -0.198. The zero-order valence-corrected chi connectivity index (χ0v) is 23.8. The van der Waals surface area contributed by atoms with E-state index < -0.39 is 0 Å². The second-order valence-electron chi connectivity index (χ2n) is 10.9. The molecule has 9 nitrogen and oxygen atoms in total. The number of nitrogens with one attached hydrogen (secondary N) is 4. The van der Waals surface area contributed by atoms with Crippen molar-refractivity contribution < 1.29 is 9.59 Å². The molecule has 2 heterocycles. The van der Waals surface area contributed by atoms with Crippen LogP contribution in [-0.2, 0) is 4.79 Å². The van der Waals surface area contributed by atoms with Gasteiger partial charge in [-0.25, -0.2) is 9.97 Å². The zero-order valence-electron chi connectivity index (χ0n) is 23.8. The summed E-state index contributed by atoms with van der Waals surface area (Å²) in [5.74, 6) is 0.283. The Labute approximate surface area is 240 Å². The number of nitrogens with zero attached hydrogens (tertiary/aromatic N) is 3. The molecule has 4 N–H and O–H groups in total. The minimum Gasteiger partial charge on any atom is -0.360 e. The molecule has 9 heteroatoms. The maximum Gasteiger partial charge on any atom is 0.251 e. The number of aryl methyl sites for hydroxylation is 1. The van der Waals surface area contributed by atoms with E-state index in [1.165, 1.54) is 6.08 Å². The molecule has 2 aromatic carbocycles. The summed E-state index contributed by atoms with van der Waals surface area (Å²) in [6.45, 7) is 2.71. The highest BCUT2D eigenvalue weighted by Gasteiger charge is 2.24. The Morgan fingerprint density at radius 1 is 1.07 bits per heavy atom. The number of aromatic nitrogens is 3. The molecule has 2 unspecified atom stereocenters. The number of para-hydroxylation sites is 1. The van der Waals surface area contributed by atoms with Gasteiger partial charge in [0.2, 0.25) is 11.9 Å². The van der Waals surface area contributed by atoms with Crippen LogP contribution in [0.3, 0.4) is 0 Å². The Hall–Kier alpha value is -4.50. The average molecular weight is 552 g/mol. The summed E-state index contributed by atoms with van der Waals surface area (Å²) < 4.78 is 0. The molecule has 1 fully saturated rings. The molecule has 0 aliphatic heterocycles. The first-order valence-corrected chi connectivity index (χ1v) is 14.1. The van der Waals surface area contributed by atoms with Gasteiger partial charge in [0, 0.05) is 64.8 Å². The van der Waals surface area contributed by atoms with Crippen LogP contribution in [0.1, 0.15) is 41.6 Å². The van der Waals surface area contributed by atoms with E-state index in [1.54, 1.807) is 30.3 Å². The number of benzene rings is 2. The van der Waals surface area contributed by atoms with Gasteiger partial charge in [-0.05, 0) is 82.6 Å². The van der Waals surface area contributed by atoms with Crippen LogP contribution in [0.2, 0.25) is 0 Å². The number of anilines is 2. The molecule has 0 spiro atoms. The van der Waals surface area contributed by atoms with Crippen molar-refractivity contribution in [2.45, 2.75) is 44.7 Å². The Bertz CT molecular complexity index is 1540. The van der Waals surface area contributed by atoms with Crippen molar-refractivity contribution in [1.82, 2.24) is 25.2 Å². The average Bonchev–Trinajstić information content (AvgIpc) is 3.38. The maximum absolute atomic E-state index is 13.0. The van der Waals surface area contributed by atoms with Gasteiger partial charge in [0.1, 0.15) is 0 Å². The van der Waals surface area contributed by atoms with Crippen LogP contribution in [0, 0.1) is 6.92 Å². The number of fused-ring (bicyclic) bond motifs is 1. The molecule has 0 bridgehead atoms. The normalized spacial score (nSPS) is 17.2. The van der Waals surface area contributed by atoms with Crippen LogP contribution in [0.5, 0.6) is 0 Å². The molecular formula is C32H37N7O2. The van der Waals surface area contributed by atoms with E-state index in [4.69, 9.17) is 4.98 Å². The maximum atomic E-state index is 13.0. The standard InChI is InChI=1S/C32H37N7O2/c1-21-19-34-32(38-30(21)27-20-33-28-11-5-4-10-26(27)28)37-25-9-6-8-24(18-25)36-31(41)22-13-15-23(16-14-22)35-29(40)12-7-17-39(2)3/h4-5,7,10-16,19-20,24-25,33H,6,8-9,17-18H2,1-3H3,(H,35,40)(H,36,41)(H,34,37,38)/b12-7+. The largest absolute Gasteiger partial charge is 0.360 e. The Balaban J connectivity index is 1.17. The fraction of sp³-hybridized carbons (Fsp3) is 0.312. The van der Waals surface area contributed by atoms with Crippen molar-refractivity contribution in [2.24, 2.45) is 0 Å². The van der Waals surface area contributed by atoms with Crippen molar-refractivity contribution in [3.63, 3.8) is 0 Å². The van der Waals surface area contributed by atoms with Gasteiger partial charge >= 0.3 is 0 Å². The first-order valence-electron chi connectivity index (χ1n) is 14.1. The predicted molar refractivity (Wildman–Crippen MR) is 164 cm³/mol. The number of H-pyrrole nitrogens is 1. The summed E-state index contributed by atoms with van der Waals surface area (Å²) in [6.07, 6.45) is 10.9. The summed E-state index contributed by atoms with van der Waals surface area (Å²) in [6, 6.07) is 15.4. The van der Waals surface area contributed by atoms with E-state index in [0.29, 0.717) is 23.7 Å². The quantitative estimate of drug-likeness (QED) is 0.214. The fourth-order valence-electron chi connectivity index (χ4n) is 5.21. The molecule has 0 saturated heterocycles. The number of hydrogen-bond donors (Lipinski definition) is 4. The molecule has 2 amide bonds. The van der Waals surface area contributed by atoms with Crippen LogP contribution >= 0.6 is 0 Å². The monoisotopic (exact) mass is 551 g/mol. The Morgan fingerprint density at radius 2 is 1.85 bits per heavy atom. The fourth-order valence-corrected chi connectivity index (χ4v) is 5.21. The second kappa shape index (κ2) is 12.8. The number of amides is 2. The van der Waals surface area contributed by atoms with E-state index in [9.17, 15) is 9.59 Å². The predicted octanol–water partition coefficient (Wildman–Crippen LogP) is 5.14. The van der Waals surface area contributed by atoms with Crippen LogP contribution in [0.15, 0.2) is 73.1 Å². The lowest BCUT2D eigenvalue weighted by Gasteiger charge is -2.30. The highest BCUT2D eigenvalue weighted by molar-refractivity contribution is 6.00. The van der Waals surface area contributed by atoms with E-state index in [2.05, 4.69) is 38.1 Å². The summed E-state index contributed by atoms with van der Waals surface area (Å²) >= 11 is 0. The third kappa shape index (κ3) is 7.18. The third-order valence-electron chi connectivity index (χ3n) is 7.31. The van der Waals surface area contributed by atoms with Gasteiger partial charge in [-0.1, -0.05) is 24.3 Å². The molecule has 1 aliphatic carbocycles. The highest BCUT2D eigenvalue weighted by Crippen LogP contribution is 2.30. The van der Waals surface area contributed by atoms with Gasteiger partial charge in [-0.2, -0.15) is 0 Å². The molecule has 5 rings (SSSR count). The summed E-state index contributed by atoms with van der Waals surface area (Å²) in [4.78, 5) is 39.8. The van der Waals surface area contributed by atoms with E-state index in [1.807, 2.05) is 50.4 Å². The van der Waals surface area contributed by atoms with Gasteiger partial charge in [-0.3, -0.25) is 9.59 Å². The molecular weight excluding hydrogens is 514 g/mol. The van der Waals surface area contributed by atoms with E-state index in [-0.39, 0.29) is 23.9 Å². The van der Waals surface area contributed by atoms with Crippen molar-refractivity contribution in [3.8, 4) is 11.3 Å². The number of carbonyl (C=O) groups is 2. The van der Waals surface area contributed by atoms with Crippen LogP contribution in [-0.4, -0.2) is 64.4 Å². The number of likely N-dealkylation sites (N-methyl/N-ethyl adjacent to an activating group) is 1. The second-order valence-corrected chi connectivity index (χ2v) is 10.9. The molecule has 212 valence electrons. The molecule has 2 atom stereocenters. The van der Waals surface area contributed by atoms with Crippen molar-refractivity contribution in [2.75, 3.05) is 31.3 Å². The molecule has 41 heavy (non-hydrogen) atoms. The Morgan fingerprint density at radius 3 is 2.66 bits per heavy atom. The topological polar surface area (TPSA) is 115 Å². The van der Waals surface area contributed by atoms with Crippen LogP contribution in [0.4, 0.5) is 11.6 Å². The van der Waals surface area contributed by atoms with Crippen molar-refractivity contribution in [3.05, 3.63) is 84.2 Å². The van der Waals surface area contributed by atoms with Gasteiger partial charge in [0.05, 0.1) is 5.69 Å². The van der Waals surface area contributed by atoms with E-state index >= 15 is 0 Å². The van der Waals surface area contributed by atoms with Gasteiger partial charge in [0.15, 0.2) is 0 Å². The molecule has 0 radical (unpaired) electrons. The smallest absolute Gasteiger partial charge is 0.251 e.